The summed E-state index contributed by atoms with van der Waals surface area (Å²) in [4.78, 5) is 12.3. The molecular weight excluding hydrogens is 296 g/mol. The van der Waals surface area contributed by atoms with Crippen molar-refractivity contribution in [3.63, 3.8) is 0 Å². The zero-order valence-corrected chi connectivity index (χ0v) is 15.7. The molecule has 0 spiro atoms. The number of fused-ring (bicyclic) bond motifs is 5. The summed E-state index contributed by atoms with van der Waals surface area (Å²) >= 11 is 0. The lowest BCUT2D eigenvalue weighted by atomic mass is 9.47. The van der Waals surface area contributed by atoms with Crippen LogP contribution in [0.2, 0.25) is 0 Å². The number of aliphatic hydroxyl groups excluding tert-OH is 1. The molecule has 0 unspecified atom stereocenters. The maximum absolute atomic E-state index is 12.3. The number of carbonyl (C=O) groups excluding carboxylic acids is 1. The maximum atomic E-state index is 12.3. The van der Waals surface area contributed by atoms with E-state index in [9.17, 15) is 9.90 Å². The highest BCUT2D eigenvalue weighted by Gasteiger charge is 2.58. The molecule has 0 saturated heterocycles. The summed E-state index contributed by atoms with van der Waals surface area (Å²) in [5.74, 6) is 2.38. The average molecular weight is 328 g/mol. The summed E-state index contributed by atoms with van der Waals surface area (Å²) in [6, 6.07) is 0. The van der Waals surface area contributed by atoms with Gasteiger partial charge in [0, 0.05) is 0 Å². The van der Waals surface area contributed by atoms with Crippen molar-refractivity contribution in [3.8, 4) is 0 Å². The molecule has 0 amide bonds. The second-order valence-corrected chi connectivity index (χ2v) is 9.53. The molecule has 0 aromatic rings. The molecular formula is C22H32O2. The van der Waals surface area contributed by atoms with Gasteiger partial charge in [-0.2, -0.15) is 0 Å². The van der Waals surface area contributed by atoms with Gasteiger partial charge in [-0.15, -0.1) is 0 Å². The number of carbonyl (C=O) groups is 1. The Balaban J connectivity index is 1.70. The highest BCUT2D eigenvalue weighted by Crippen LogP contribution is 2.65. The predicted octanol–water partition coefficient (Wildman–Crippen LogP) is 4.83. The summed E-state index contributed by atoms with van der Waals surface area (Å²) in [7, 11) is 0. The van der Waals surface area contributed by atoms with E-state index in [2.05, 4.69) is 26.8 Å². The van der Waals surface area contributed by atoms with Gasteiger partial charge in [0.1, 0.15) is 0 Å². The van der Waals surface area contributed by atoms with Gasteiger partial charge in [0.2, 0.25) is 0 Å². The lowest BCUT2D eigenvalue weighted by Crippen LogP contribution is -2.50. The molecule has 0 radical (unpaired) electrons. The zero-order valence-electron chi connectivity index (χ0n) is 15.7. The lowest BCUT2D eigenvalue weighted by Gasteiger charge is -2.57. The maximum Gasteiger partial charge on any atom is 0.156 e. The Kier molecular flexibility index (Phi) is 3.66. The molecule has 24 heavy (non-hydrogen) atoms. The second kappa shape index (κ2) is 5.30. The van der Waals surface area contributed by atoms with Gasteiger partial charge in [-0.3, -0.25) is 4.79 Å². The average Bonchev–Trinajstić information content (AvgIpc) is 2.78. The minimum absolute atomic E-state index is 0.104. The highest BCUT2D eigenvalue weighted by atomic mass is 16.3. The summed E-state index contributed by atoms with van der Waals surface area (Å²) in [6.07, 6.45) is 9.99. The number of hydrogen-bond acceptors (Lipinski definition) is 2. The van der Waals surface area contributed by atoms with Gasteiger partial charge in [0.15, 0.2) is 5.78 Å². The highest BCUT2D eigenvalue weighted by molar-refractivity contribution is 5.96. The van der Waals surface area contributed by atoms with Gasteiger partial charge >= 0.3 is 0 Å². The first-order valence-electron chi connectivity index (χ1n) is 9.86. The van der Waals surface area contributed by atoms with Gasteiger partial charge < -0.3 is 5.11 Å². The molecule has 0 heterocycles. The fraction of sp³-hybridized carbons (Fsp3) is 0.773. The second-order valence-electron chi connectivity index (χ2n) is 9.53. The smallest absolute Gasteiger partial charge is 0.156 e. The number of aliphatic hydroxyl groups is 1. The summed E-state index contributed by atoms with van der Waals surface area (Å²) < 4.78 is 0. The fourth-order valence-corrected chi connectivity index (χ4v) is 7.27. The van der Waals surface area contributed by atoms with Crippen LogP contribution < -0.4 is 0 Å². The van der Waals surface area contributed by atoms with Crippen LogP contribution in [0.1, 0.15) is 72.6 Å². The van der Waals surface area contributed by atoms with Gasteiger partial charge in [0.25, 0.3) is 0 Å². The van der Waals surface area contributed by atoms with Crippen molar-refractivity contribution in [2.24, 2.45) is 28.6 Å². The molecule has 2 fully saturated rings. The van der Waals surface area contributed by atoms with Crippen LogP contribution in [0.15, 0.2) is 22.8 Å². The Hall–Kier alpha value is -0.890. The van der Waals surface area contributed by atoms with Gasteiger partial charge in [0.05, 0.1) is 6.10 Å². The van der Waals surface area contributed by atoms with Crippen LogP contribution in [-0.2, 0) is 4.79 Å². The van der Waals surface area contributed by atoms with Gasteiger partial charge in [-0.1, -0.05) is 31.1 Å². The molecule has 2 nitrogen and oxygen atoms in total. The topological polar surface area (TPSA) is 37.3 Å². The normalized spacial score (nSPS) is 47.6. The molecule has 0 bridgehead atoms. The molecule has 4 aliphatic rings. The predicted molar refractivity (Wildman–Crippen MR) is 96.5 cm³/mol. The number of rotatable bonds is 1. The summed E-state index contributed by atoms with van der Waals surface area (Å²) in [5.41, 5.74) is 4.43. The van der Waals surface area contributed by atoms with Crippen LogP contribution in [-0.4, -0.2) is 17.0 Å². The largest absolute Gasteiger partial charge is 0.393 e. The molecule has 0 aromatic carbocycles. The van der Waals surface area contributed by atoms with Crippen LogP contribution in [0.5, 0.6) is 0 Å². The minimum Gasteiger partial charge on any atom is -0.393 e. The van der Waals surface area contributed by atoms with E-state index in [1.807, 2.05) is 0 Å². The van der Waals surface area contributed by atoms with Crippen molar-refractivity contribution in [1.29, 1.82) is 0 Å². The lowest BCUT2D eigenvalue weighted by molar-refractivity contribution is -0.115. The van der Waals surface area contributed by atoms with E-state index < -0.39 is 0 Å². The third-order valence-corrected chi connectivity index (χ3v) is 8.34. The van der Waals surface area contributed by atoms with E-state index in [0.717, 1.165) is 50.0 Å². The van der Waals surface area contributed by atoms with Crippen molar-refractivity contribution in [3.05, 3.63) is 22.8 Å². The van der Waals surface area contributed by atoms with Crippen LogP contribution in [0, 0.1) is 28.6 Å². The minimum atomic E-state index is -0.130. The van der Waals surface area contributed by atoms with Crippen molar-refractivity contribution >= 4 is 5.78 Å². The van der Waals surface area contributed by atoms with E-state index in [-0.39, 0.29) is 16.9 Å². The van der Waals surface area contributed by atoms with Crippen LogP contribution >= 0.6 is 0 Å². The molecule has 2 heteroatoms. The van der Waals surface area contributed by atoms with E-state index in [4.69, 9.17) is 0 Å². The Morgan fingerprint density at radius 2 is 1.83 bits per heavy atom. The summed E-state index contributed by atoms with van der Waals surface area (Å²) in [5, 5.41) is 10.1. The van der Waals surface area contributed by atoms with Gasteiger partial charge in [-0.25, -0.2) is 0 Å². The fourth-order valence-electron chi connectivity index (χ4n) is 7.27. The third kappa shape index (κ3) is 2.08. The standard InChI is InChI=1S/C22H32O2/c1-13-11-19-17-6-5-15-12-16(24)7-9-21(15,3)18(17)8-10-22(19,4)20(13)14(2)23/h5,16-19,24H,6-12H2,1-4H3/t16-,17-,18-,19-,21+,22-/m1/s1. The number of allylic oxidation sites excluding steroid dienone is 3. The molecule has 2 saturated carbocycles. The monoisotopic (exact) mass is 328 g/mol. The van der Waals surface area contributed by atoms with Gasteiger partial charge in [-0.05, 0) is 93.0 Å². The zero-order chi connectivity index (χ0) is 17.3. The molecule has 0 aliphatic heterocycles. The number of Topliss-reactive ketones (excluding diaryl/α,β-unsaturated/α-hetero) is 1. The Morgan fingerprint density at radius 3 is 2.54 bits per heavy atom. The van der Waals surface area contributed by atoms with E-state index in [1.165, 1.54) is 17.6 Å². The third-order valence-electron chi connectivity index (χ3n) is 8.34. The van der Waals surface area contributed by atoms with Crippen molar-refractivity contribution in [2.75, 3.05) is 0 Å². The Bertz CT molecular complexity index is 642. The van der Waals surface area contributed by atoms with Crippen LogP contribution in [0.25, 0.3) is 0 Å². The van der Waals surface area contributed by atoms with Crippen molar-refractivity contribution in [2.45, 2.75) is 78.7 Å². The molecule has 6 atom stereocenters. The first kappa shape index (κ1) is 16.6. The molecule has 1 N–H and O–H groups in total. The molecule has 0 aromatic heterocycles. The molecule has 4 rings (SSSR count). The molecule has 4 aliphatic carbocycles. The number of hydrogen-bond donors (Lipinski definition) is 1. The summed E-state index contributed by atoms with van der Waals surface area (Å²) in [6.45, 7) is 8.79. The Morgan fingerprint density at radius 1 is 1.12 bits per heavy atom. The SMILES string of the molecule is CC(=O)C1=C(C)C[C@@H]2[C@@H]3CC=C4C[C@H](O)CC[C@]4(C)[C@@H]3CC[C@@]12C. The Labute approximate surface area is 146 Å². The van der Waals surface area contributed by atoms with Crippen molar-refractivity contribution < 1.29 is 9.90 Å². The van der Waals surface area contributed by atoms with Crippen LogP contribution in [0.3, 0.4) is 0 Å². The van der Waals surface area contributed by atoms with Crippen molar-refractivity contribution in [1.82, 2.24) is 0 Å². The first-order valence-corrected chi connectivity index (χ1v) is 9.86. The first-order chi connectivity index (χ1) is 11.3. The van der Waals surface area contributed by atoms with E-state index in [0.29, 0.717) is 17.6 Å². The van der Waals surface area contributed by atoms with Crippen LogP contribution in [0.4, 0.5) is 0 Å². The quantitative estimate of drug-likeness (QED) is 0.700. The molecule has 132 valence electrons. The van der Waals surface area contributed by atoms with E-state index >= 15 is 0 Å². The van der Waals surface area contributed by atoms with E-state index in [1.54, 1.807) is 6.92 Å². The number of ketones is 1.